The van der Waals surface area contributed by atoms with Crippen LogP contribution in [0.1, 0.15) is 18.6 Å². The molecule has 0 aliphatic heterocycles. The molecule has 0 spiro atoms. The zero-order valence-corrected chi connectivity index (χ0v) is 10.3. The number of hydrogen-bond acceptors (Lipinski definition) is 1. The van der Waals surface area contributed by atoms with E-state index in [4.69, 9.17) is 4.43 Å². The molecule has 0 fully saturated rings. The number of rotatable bonds is 4. The van der Waals surface area contributed by atoms with E-state index in [-0.39, 0.29) is 6.10 Å². The van der Waals surface area contributed by atoms with Gasteiger partial charge < -0.3 is 4.43 Å². The Bertz CT molecular complexity index is 292. The van der Waals surface area contributed by atoms with Crippen LogP contribution in [0, 0.1) is 0 Å². The molecule has 0 amide bonds. The number of hydrogen-bond donors (Lipinski definition) is 0. The molecule has 0 saturated carbocycles. The molecule has 1 aromatic rings. The minimum Gasteiger partial charge on any atom is -0.410 e. The summed E-state index contributed by atoms with van der Waals surface area (Å²) < 4.78 is 5.94. The van der Waals surface area contributed by atoms with Crippen molar-refractivity contribution >= 4 is 9.04 Å². The van der Waals surface area contributed by atoms with Crippen molar-refractivity contribution in [3.8, 4) is 0 Å². The summed E-state index contributed by atoms with van der Waals surface area (Å²) in [5, 5.41) is 0. The van der Waals surface area contributed by atoms with E-state index in [0.29, 0.717) is 0 Å². The topological polar surface area (TPSA) is 9.23 Å². The van der Waals surface area contributed by atoms with Gasteiger partial charge >= 0.3 is 0 Å². The zero-order valence-electron chi connectivity index (χ0n) is 9.16. The van der Waals surface area contributed by atoms with Crippen LogP contribution in [0.25, 0.3) is 0 Å². The van der Waals surface area contributed by atoms with Crippen LogP contribution in [0.3, 0.4) is 0 Å². The molecule has 1 aromatic carbocycles. The fourth-order valence-electron chi connectivity index (χ4n) is 1.38. The highest BCUT2D eigenvalue weighted by Gasteiger charge is 2.13. The summed E-state index contributed by atoms with van der Waals surface area (Å²) in [5.74, 6) is 0. The fraction of sp³-hybridized carbons (Fsp3) is 0.333. The van der Waals surface area contributed by atoms with Crippen molar-refractivity contribution in [1.29, 1.82) is 0 Å². The van der Waals surface area contributed by atoms with Crippen molar-refractivity contribution in [2.45, 2.75) is 26.1 Å². The van der Waals surface area contributed by atoms with E-state index in [1.807, 2.05) is 25.1 Å². The molecule has 0 heterocycles. The summed E-state index contributed by atoms with van der Waals surface area (Å²) in [5.41, 5.74) is 2.29. The first-order valence-corrected chi connectivity index (χ1v) is 7.75. The van der Waals surface area contributed by atoms with Crippen molar-refractivity contribution in [3.05, 3.63) is 48.0 Å². The first-order valence-electron chi connectivity index (χ1n) is 4.97. The minimum absolute atomic E-state index is 0.0860. The van der Waals surface area contributed by atoms with E-state index in [1.165, 1.54) is 5.56 Å². The summed E-state index contributed by atoms with van der Waals surface area (Å²) >= 11 is 0. The quantitative estimate of drug-likeness (QED) is 0.542. The van der Waals surface area contributed by atoms with Gasteiger partial charge in [-0.25, -0.2) is 0 Å². The molecule has 1 rings (SSSR count). The molecule has 1 nitrogen and oxygen atoms in total. The maximum atomic E-state index is 5.94. The molecule has 0 aliphatic carbocycles. The Kier molecular flexibility index (Phi) is 4.11. The summed E-state index contributed by atoms with van der Waals surface area (Å²) in [6.07, 6.45) is 0.0860. The summed E-state index contributed by atoms with van der Waals surface area (Å²) in [4.78, 5) is 0. The van der Waals surface area contributed by atoms with Gasteiger partial charge in [0.05, 0.1) is 6.10 Å². The molecule has 0 aromatic heterocycles. The molecule has 0 bridgehead atoms. The standard InChI is InChI=1S/C12H18OSi/c1-10(2)12(13-14(3)4)11-8-6-5-7-9-11/h5-9,12,14H,1H2,2-4H3. The Hall–Kier alpha value is -0.863. The lowest BCUT2D eigenvalue weighted by Gasteiger charge is -2.21. The second-order valence-corrected chi connectivity index (χ2v) is 6.19. The van der Waals surface area contributed by atoms with Crippen molar-refractivity contribution < 1.29 is 4.43 Å². The molecule has 0 N–H and O–H groups in total. The molecule has 14 heavy (non-hydrogen) atoms. The van der Waals surface area contributed by atoms with Crippen LogP contribution in [0.4, 0.5) is 0 Å². The molecule has 0 radical (unpaired) electrons. The highest BCUT2D eigenvalue weighted by molar-refractivity contribution is 6.48. The van der Waals surface area contributed by atoms with E-state index in [2.05, 4.69) is 31.8 Å². The lowest BCUT2D eigenvalue weighted by molar-refractivity contribution is 0.248. The predicted molar refractivity (Wildman–Crippen MR) is 64.0 cm³/mol. The van der Waals surface area contributed by atoms with Gasteiger partial charge in [-0.2, -0.15) is 0 Å². The third-order valence-corrected chi connectivity index (χ3v) is 2.77. The van der Waals surface area contributed by atoms with Crippen molar-refractivity contribution in [2.24, 2.45) is 0 Å². The normalized spacial score (nSPS) is 12.9. The third kappa shape index (κ3) is 3.12. The van der Waals surface area contributed by atoms with Crippen molar-refractivity contribution in [1.82, 2.24) is 0 Å². The molecule has 0 saturated heterocycles. The van der Waals surface area contributed by atoms with E-state index in [9.17, 15) is 0 Å². The second-order valence-electron chi connectivity index (χ2n) is 3.82. The molecule has 0 aliphatic rings. The van der Waals surface area contributed by atoms with Crippen LogP contribution in [-0.2, 0) is 4.43 Å². The largest absolute Gasteiger partial charge is 0.410 e. The van der Waals surface area contributed by atoms with Gasteiger partial charge in [0.1, 0.15) is 0 Å². The highest BCUT2D eigenvalue weighted by atomic mass is 28.3. The molecular formula is C12H18OSi. The first-order chi connectivity index (χ1) is 6.61. The molecular weight excluding hydrogens is 188 g/mol. The Balaban J connectivity index is 2.84. The molecule has 76 valence electrons. The van der Waals surface area contributed by atoms with Crippen molar-refractivity contribution in [2.75, 3.05) is 0 Å². The van der Waals surface area contributed by atoms with E-state index in [1.54, 1.807) is 0 Å². The maximum absolute atomic E-state index is 5.94. The predicted octanol–water partition coefficient (Wildman–Crippen LogP) is 3.30. The monoisotopic (exact) mass is 206 g/mol. The first kappa shape index (κ1) is 11.2. The van der Waals surface area contributed by atoms with Gasteiger partial charge in [-0.05, 0) is 31.2 Å². The lowest BCUT2D eigenvalue weighted by atomic mass is 10.0. The van der Waals surface area contributed by atoms with Gasteiger partial charge in [-0.1, -0.05) is 36.9 Å². The Labute approximate surface area is 88.1 Å². The zero-order chi connectivity index (χ0) is 10.6. The summed E-state index contributed by atoms with van der Waals surface area (Å²) in [6.45, 7) is 10.4. The van der Waals surface area contributed by atoms with Crippen LogP contribution in [0.5, 0.6) is 0 Å². The minimum atomic E-state index is -1.02. The molecule has 2 heteroatoms. The Morgan fingerprint density at radius 1 is 1.29 bits per heavy atom. The second kappa shape index (κ2) is 5.13. The van der Waals surface area contributed by atoms with Gasteiger partial charge in [-0.15, -0.1) is 0 Å². The van der Waals surface area contributed by atoms with Crippen LogP contribution in [0.2, 0.25) is 13.1 Å². The van der Waals surface area contributed by atoms with Crippen LogP contribution < -0.4 is 0 Å². The van der Waals surface area contributed by atoms with Gasteiger partial charge in [0.25, 0.3) is 0 Å². The van der Waals surface area contributed by atoms with Gasteiger partial charge in [0.15, 0.2) is 9.04 Å². The van der Waals surface area contributed by atoms with Crippen LogP contribution >= 0.6 is 0 Å². The van der Waals surface area contributed by atoms with Crippen molar-refractivity contribution in [3.63, 3.8) is 0 Å². The average molecular weight is 206 g/mol. The Morgan fingerprint density at radius 2 is 1.86 bits per heavy atom. The molecule has 1 atom stereocenters. The Morgan fingerprint density at radius 3 is 2.29 bits per heavy atom. The van der Waals surface area contributed by atoms with E-state index in [0.717, 1.165) is 5.57 Å². The molecule has 1 unspecified atom stereocenters. The summed E-state index contributed by atoms with van der Waals surface area (Å²) in [7, 11) is -1.02. The third-order valence-electron chi connectivity index (χ3n) is 1.96. The van der Waals surface area contributed by atoms with E-state index < -0.39 is 9.04 Å². The average Bonchev–Trinajstić information content (AvgIpc) is 2.15. The number of benzene rings is 1. The summed E-state index contributed by atoms with van der Waals surface area (Å²) in [6, 6.07) is 10.3. The van der Waals surface area contributed by atoms with Gasteiger partial charge in [0, 0.05) is 0 Å². The van der Waals surface area contributed by atoms with E-state index >= 15 is 0 Å². The maximum Gasteiger partial charge on any atom is 0.172 e. The van der Waals surface area contributed by atoms with Crippen LogP contribution in [-0.4, -0.2) is 9.04 Å². The van der Waals surface area contributed by atoms with Gasteiger partial charge in [0.2, 0.25) is 0 Å². The highest BCUT2D eigenvalue weighted by Crippen LogP contribution is 2.24. The fourth-order valence-corrected chi connectivity index (χ4v) is 2.31. The van der Waals surface area contributed by atoms with Crippen LogP contribution in [0.15, 0.2) is 42.5 Å². The SMILES string of the molecule is C=C(C)C(O[SiH](C)C)c1ccccc1. The lowest BCUT2D eigenvalue weighted by Crippen LogP contribution is -2.14. The smallest absolute Gasteiger partial charge is 0.172 e. The van der Waals surface area contributed by atoms with Gasteiger partial charge in [-0.3, -0.25) is 0 Å².